The van der Waals surface area contributed by atoms with Crippen LogP contribution in [0, 0.1) is 17.8 Å². The van der Waals surface area contributed by atoms with Crippen molar-refractivity contribution in [1.82, 2.24) is 0 Å². The second kappa shape index (κ2) is 8.20. The molecule has 5 unspecified atom stereocenters. The van der Waals surface area contributed by atoms with Gasteiger partial charge in [-0.15, -0.1) is 0 Å². The molecule has 8 heteroatoms. The maximum atomic E-state index is 13.1. The summed E-state index contributed by atoms with van der Waals surface area (Å²) >= 11 is 0. The lowest BCUT2D eigenvalue weighted by Gasteiger charge is -2.52. The van der Waals surface area contributed by atoms with Crippen molar-refractivity contribution in [3.05, 3.63) is 46.3 Å². The molecule has 0 radical (unpaired) electrons. The molecule has 1 aliphatic heterocycles. The van der Waals surface area contributed by atoms with Crippen LogP contribution >= 0.6 is 0 Å². The quantitative estimate of drug-likeness (QED) is 0.730. The van der Waals surface area contributed by atoms with Gasteiger partial charge in [-0.2, -0.15) is 0 Å². The Labute approximate surface area is 197 Å². The minimum atomic E-state index is -1.45. The largest absolute Gasteiger partial charge is 0.493 e. The molecule has 2 heterocycles. The molecule has 1 saturated carbocycles. The monoisotopic (exact) mass is 468 g/mol. The van der Waals surface area contributed by atoms with Gasteiger partial charge in [0.2, 0.25) is 5.75 Å². The second-order valence-corrected chi connectivity index (χ2v) is 9.27. The smallest absolute Gasteiger partial charge is 0.343 e. The maximum absolute atomic E-state index is 13.1. The number of carbonyl (C=O) groups excluding carboxylic acids is 1. The van der Waals surface area contributed by atoms with Crippen LogP contribution in [0.2, 0.25) is 0 Å². The van der Waals surface area contributed by atoms with Crippen molar-refractivity contribution >= 4 is 5.78 Å². The van der Waals surface area contributed by atoms with E-state index in [0.29, 0.717) is 35.0 Å². The van der Waals surface area contributed by atoms with E-state index in [1.807, 2.05) is 6.08 Å². The molecule has 1 fully saturated rings. The Hall–Kier alpha value is -3.26. The predicted octanol–water partition coefficient (Wildman–Crippen LogP) is 3.17. The fraction of sp³-hybridized carbons (Fsp3) is 0.462. The van der Waals surface area contributed by atoms with E-state index in [0.717, 1.165) is 6.42 Å². The van der Waals surface area contributed by atoms with Crippen LogP contribution in [-0.2, 0) is 11.2 Å². The second-order valence-electron chi connectivity index (χ2n) is 9.27. The van der Waals surface area contributed by atoms with Crippen LogP contribution in [0.1, 0.15) is 25.3 Å². The number of fused-ring (bicyclic) bond motifs is 4. The zero-order chi connectivity index (χ0) is 24.2. The average Bonchev–Trinajstić information content (AvgIpc) is 2.83. The highest BCUT2D eigenvalue weighted by Gasteiger charge is 2.58. The van der Waals surface area contributed by atoms with Crippen LogP contribution in [-0.4, -0.2) is 43.9 Å². The number of ether oxygens (including phenoxy) is 4. The molecule has 3 aliphatic rings. The molecule has 0 amide bonds. The first-order valence-corrected chi connectivity index (χ1v) is 11.4. The van der Waals surface area contributed by atoms with Gasteiger partial charge in [0, 0.05) is 18.1 Å². The molecule has 0 bridgehead atoms. The van der Waals surface area contributed by atoms with E-state index in [1.54, 1.807) is 24.3 Å². The van der Waals surface area contributed by atoms with Crippen LogP contribution in [0.5, 0.6) is 23.0 Å². The molecule has 1 N–H and O–H groups in total. The topological polar surface area (TPSA) is 104 Å². The molecule has 2 aromatic rings. The van der Waals surface area contributed by atoms with Crippen molar-refractivity contribution in [3.63, 3.8) is 0 Å². The number of benzene rings is 1. The van der Waals surface area contributed by atoms with Gasteiger partial charge in [-0.05, 0) is 42.9 Å². The summed E-state index contributed by atoms with van der Waals surface area (Å²) in [6.07, 6.45) is 4.26. The SMILES string of the molecule is COc1cc(-c2cc3c(c(=O)o2)CC2(O)C(CCC4C(C)C=CC(=O)C42)O3)cc(OC)c1OC. The summed E-state index contributed by atoms with van der Waals surface area (Å²) in [5.74, 6) is 1.38. The van der Waals surface area contributed by atoms with Crippen molar-refractivity contribution in [1.29, 1.82) is 0 Å². The Kier molecular flexibility index (Phi) is 5.43. The molecule has 1 aromatic carbocycles. The van der Waals surface area contributed by atoms with Gasteiger partial charge in [-0.1, -0.05) is 13.0 Å². The molecule has 0 spiro atoms. The number of methoxy groups -OCH3 is 3. The van der Waals surface area contributed by atoms with Gasteiger partial charge in [-0.3, -0.25) is 4.79 Å². The molecule has 8 nitrogen and oxygen atoms in total. The van der Waals surface area contributed by atoms with E-state index < -0.39 is 23.2 Å². The number of hydrogen-bond acceptors (Lipinski definition) is 8. The Morgan fingerprint density at radius 3 is 2.38 bits per heavy atom. The van der Waals surface area contributed by atoms with Crippen LogP contribution in [0.15, 0.2) is 39.6 Å². The summed E-state index contributed by atoms with van der Waals surface area (Å²) < 4.78 is 28.0. The van der Waals surface area contributed by atoms with Crippen molar-refractivity contribution in [2.75, 3.05) is 21.3 Å². The molecular weight excluding hydrogens is 440 g/mol. The third-order valence-corrected chi connectivity index (χ3v) is 7.52. The Morgan fingerprint density at radius 2 is 1.74 bits per heavy atom. The molecule has 5 rings (SSSR count). The summed E-state index contributed by atoms with van der Waals surface area (Å²) in [5.41, 5.74) is -1.27. The number of carbonyl (C=O) groups is 1. The van der Waals surface area contributed by atoms with Crippen LogP contribution in [0.3, 0.4) is 0 Å². The van der Waals surface area contributed by atoms with E-state index in [1.165, 1.54) is 21.3 Å². The number of aliphatic hydroxyl groups is 1. The number of rotatable bonds is 4. The summed E-state index contributed by atoms with van der Waals surface area (Å²) in [4.78, 5) is 25.9. The van der Waals surface area contributed by atoms with E-state index in [4.69, 9.17) is 23.4 Å². The first-order valence-electron chi connectivity index (χ1n) is 11.4. The van der Waals surface area contributed by atoms with Gasteiger partial charge >= 0.3 is 5.63 Å². The van der Waals surface area contributed by atoms with Crippen molar-refractivity contribution in [2.45, 2.75) is 37.9 Å². The molecule has 0 saturated heterocycles. The summed E-state index contributed by atoms with van der Waals surface area (Å²) in [5, 5.41) is 11.7. The zero-order valence-corrected chi connectivity index (χ0v) is 19.6. The van der Waals surface area contributed by atoms with Gasteiger partial charge in [-0.25, -0.2) is 4.79 Å². The minimum Gasteiger partial charge on any atom is -0.493 e. The summed E-state index contributed by atoms with van der Waals surface area (Å²) in [7, 11) is 4.52. The number of hydrogen-bond donors (Lipinski definition) is 1. The fourth-order valence-electron chi connectivity index (χ4n) is 5.80. The molecule has 1 aromatic heterocycles. The van der Waals surface area contributed by atoms with Crippen molar-refractivity contribution in [2.24, 2.45) is 17.8 Å². The molecular formula is C26H28O8. The van der Waals surface area contributed by atoms with E-state index >= 15 is 0 Å². The van der Waals surface area contributed by atoms with Gasteiger partial charge < -0.3 is 28.5 Å². The van der Waals surface area contributed by atoms with Gasteiger partial charge in [0.1, 0.15) is 23.2 Å². The van der Waals surface area contributed by atoms with Crippen LogP contribution < -0.4 is 24.6 Å². The highest BCUT2D eigenvalue weighted by molar-refractivity contribution is 5.94. The number of ketones is 1. The van der Waals surface area contributed by atoms with Gasteiger partial charge in [0.25, 0.3) is 0 Å². The summed E-state index contributed by atoms with van der Waals surface area (Å²) in [6, 6.07) is 5.02. The maximum Gasteiger partial charge on any atom is 0.343 e. The van der Waals surface area contributed by atoms with Gasteiger partial charge in [0.15, 0.2) is 17.3 Å². The average molecular weight is 469 g/mol. The van der Waals surface area contributed by atoms with Crippen LogP contribution in [0.25, 0.3) is 11.3 Å². The lowest BCUT2D eigenvalue weighted by atomic mass is 9.58. The van der Waals surface area contributed by atoms with Gasteiger partial charge in [0.05, 0.1) is 32.8 Å². The van der Waals surface area contributed by atoms with Crippen molar-refractivity contribution in [3.8, 4) is 34.3 Å². The van der Waals surface area contributed by atoms with E-state index in [-0.39, 0.29) is 35.4 Å². The Balaban J connectivity index is 1.57. The van der Waals surface area contributed by atoms with Crippen LogP contribution in [0.4, 0.5) is 0 Å². The summed E-state index contributed by atoms with van der Waals surface area (Å²) in [6.45, 7) is 2.06. The highest BCUT2D eigenvalue weighted by Crippen LogP contribution is 2.50. The standard InChI is InChI=1S/C26H28O8/c1-13-5-7-17(27)23-15(13)6-8-22-26(23,29)12-16-19(33-22)11-18(34-25(16)28)14-9-20(30-2)24(32-4)21(10-14)31-3/h5,7,9-11,13,15,22-23,29H,6,8,12H2,1-4H3. The Bertz CT molecular complexity index is 1200. The zero-order valence-electron chi connectivity index (χ0n) is 19.6. The molecule has 180 valence electrons. The minimum absolute atomic E-state index is 0.0122. The third kappa shape index (κ3) is 3.31. The first kappa shape index (κ1) is 22.5. The highest BCUT2D eigenvalue weighted by atomic mass is 16.5. The van der Waals surface area contributed by atoms with E-state index in [9.17, 15) is 14.7 Å². The lowest BCUT2D eigenvalue weighted by molar-refractivity contribution is -0.169. The predicted molar refractivity (Wildman–Crippen MR) is 123 cm³/mol. The third-order valence-electron chi connectivity index (χ3n) is 7.52. The molecule has 2 aliphatic carbocycles. The molecule has 5 atom stereocenters. The fourth-order valence-corrected chi connectivity index (χ4v) is 5.80. The first-order chi connectivity index (χ1) is 16.3. The Morgan fingerprint density at radius 1 is 1.03 bits per heavy atom. The van der Waals surface area contributed by atoms with Crippen molar-refractivity contribution < 1.29 is 33.3 Å². The molecule has 34 heavy (non-hydrogen) atoms. The van der Waals surface area contributed by atoms with E-state index in [2.05, 4.69) is 6.92 Å². The number of allylic oxidation sites excluding steroid dienone is 2. The normalized spacial score (nSPS) is 29.4. The lowest BCUT2D eigenvalue weighted by Crippen LogP contribution is -2.63.